The molecule has 1 saturated heterocycles. The first-order valence-electron chi connectivity index (χ1n) is 6.65. The molecule has 1 aliphatic rings. The Kier molecular flexibility index (Phi) is 6.13. The largest absolute Gasteiger partial charge is 0.480 e. The van der Waals surface area contributed by atoms with Crippen molar-refractivity contribution in [1.82, 2.24) is 9.80 Å². The number of hydrogen-bond donors (Lipinski definition) is 1. The molecule has 6 nitrogen and oxygen atoms in total. The summed E-state index contributed by atoms with van der Waals surface area (Å²) in [6, 6.07) is 0.178. The highest BCUT2D eigenvalue weighted by molar-refractivity contribution is 7.98. The lowest BCUT2D eigenvalue weighted by Crippen LogP contribution is -2.65. The van der Waals surface area contributed by atoms with Crippen molar-refractivity contribution >= 4 is 23.8 Å². The molecule has 7 heteroatoms. The lowest BCUT2D eigenvalue weighted by Gasteiger charge is -2.48. The van der Waals surface area contributed by atoms with Gasteiger partial charge >= 0.3 is 12.0 Å². The molecule has 0 aromatic carbocycles. The molecule has 20 heavy (non-hydrogen) atoms. The summed E-state index contributed by atoms with van der Waals surface area (Å²) in [6.45, 7) is 4.43. The predicted molar refractivity (Wildman–Crippen MR) is 79.2 cm³/mol. The average molecular weight is 304 g/mol. The first kappa shape index (κ1) is 17.1. The lowest BCUT2D eigenvalue weighted by molar-refractivity contribution is -0.160. The molecule has 0 spiro atoms. The Morgan fingerprint density at radius 1 is 1.50 bits per heavy atom. The Morgan fingerprint density at radius 2 is 2.10 bits per heavy atom. The van der Waals surface area contributed by atoms with E-state index in [1.165, 1.54) is 0 Å². The molecule has 0 aromatic heterocycles. The number of urea groups is 1. The van der Waals surface area contributed by atoms with Gasteiger partial charge in [0, 0.05) is 13.1 Å². The zero-order valence-corrected chi connectivity index (χ0v) is 13.4. The summed E-state index contributed by atoms with van der Waals surface area (Å²) in [7, 11) is 1.81. The van der Waals surface area contributed by atoms with Crippen molar-refractivity contribution in [2.24, 2.45) is 0 Å². The van der Waals surface area contributed by atoms with Gasteiger partial charge in [0.2, 0.25) is 0 Å². The molecule has 2 amide bonds. The normalized spacial score (nSPS) is 18.3. The zero-order chi connectivity index (χ0) is 15.3. The Bertz CT molecular complexity index is 358. The van der Waals surface area contributed by atoms with E-state index in [2.05, 4.69) is 6.26 Å². The zero-order valence-electron chi connectivity index (χ0n) is 12.6. The Balaban J connectivity index is 2.38. The first-order chi connectivity index (χ1) is 9.29. The van der Waals surface area contributed by atoms with Gasteiger partial charge in [0.1, 0.15) is 12.2 Å². The lowest BCUT2D eigenvalue weighted by atomic mass is 9.97. The number of ether oxygens (including phenoxy) is 1. The van der Waals surface area contributed by atoms with E-state index in [9.17, 15) is 9.59 Å². The maximum Gasteiger partial charge on any atom is 0.329 e. The molecular formula is C13H24N2O4S. The second-order valence-corrected chi connectivity index (χ2v) is 6.50. The molecule has 1 heterocycles. The number of nitrogens with zero attached hydrogens (tertiary/aromatic N) is 2. The molecule has 0 radical (unpaired) electrons. The van der Waals surface area contributed by atoms with Crippen molar-refractivity contribution in [2.45, 2.75) is 31.9 Å². The van der Waals surface area contributed by atoms with E-state index in [1.54, 1.807) is 28.6 Å². The summed E-state index contributed by atoms with van der Waals surface area (Å²) in [5.74, 6) is 0.0388. The maximum absolute atomic E-state index is 12.2. The van der Waals surface area contributed by atoms with Gasteiger partial charge in [0.05, 0.1) is 13.1 Å². The van der Waals surface area contributed by atoms with Crippen molar-refractivity contribution in [2.75, 3.05) is 38.8 Å². The average Bonchev–Trinajstić information content (AvgIpc) is 2.37. The summed E-state index contributed by atoms with van der Waals surface area (Å²) in [6.07, 6.45) is 3.01. The second-order valence-electron chi connectivity index (χ2n) is 5.51. The summed E-state index contributed by atoms with van der Waals surface area (Å²) >= 11 is 1.77. The van der Waals surface area contributed by atoms with E-state index in [4.69, 9.17) is 9.84 Å². The van der Waals surface area contributed by atoms with E-state index >= 15 is 0 Å². The molecule has 116 valence electrons. The number of carboxylic acid groups (broad SMARTS) is 1. The van der Waals surface area contributed by atoms with Crippen LogP contribution < -0.4 is 0 Å². The standard InChI is InChI=1S/C13H24N2O4S/c1-10(5-6-20-4)14(3)12(18)15-8-13(2,9-15)19-7-11(16)17/h10H,5-9H2,1-4H3,(H,16,17). The van der Waals surface area contributed by atoms with Crippen LogP contribution in [0.4, 0.5) is 4.79 Å². The third-order valence-electron chi connectivity index (χ3n) is 3.57. The van der Waals surface area contributed by atoms with Gasteiger partial charge in [-0.2, -0.15) is 11.8 Å². The van der Waals surface area contributed by atoms with Gasteiger partial charge in [-0.25, -0.2) is 9.59 Å². The van der Waals surface area contributed by atoms with Crippen molar-refractivity contribution in [3.63, 3.8) is 0 Å². The Labute approximate surface area is 124 Å². The number of hydrogen-bond acceptors (Lipinski definition) is 4. The van der Waals surface area contributed by atoms with Crippen LogP contribution in [0.3, 0.4) is 0 Å². The second kappa shape index (κ2) is 7.17. The summed E-state index contributed by atoms with van der Waals surface area (Å²) in [5, 5.41) is 8.60. The van der Waals surface area contributed by atoms with E-state index < -0.39 is 11.6 Å². The molecule has 1 rings (SSSR count). The van der Waals surface area contributed by atoms with Crippen molar-refractivity contribution in [1.29, 1.82) is 0 Å². The molecule has 1 unspecified atom stereocenters. The molecule has 1 atom stereocenters. The van der Waals surface area contributed by atoms with E-state index in [0.717, 1.165) is 12.2 Å². The molecular weight excluding hydrogens is 280 g/mol. The number of thioether (sulfide) groups is 1. The highest BCUT2D eigenvalue weighted by Crippen LogP contribution is 2.26. The minimum Gasteiger partial charge on any atom is -0.480 e. The first-order valence-corrected chi connectivity index (χ1v) is 8.05. The van der Waals surface area contributed by atoms with Crippen LogP contribution in [0.15, 0.2) is 0 Å². The van der Waals surface area contributed by atoms with Crippen molar-refractivity contribution in [3.8, 4) is 0 Å². The fourth-order valence-corrected chi connectivity index (χ4v) is 2.69. The fourth-order valence-electron chi connectivity index (χ4n) is 2.12. The summed E-state index contributed by atoms with van der Waals surface area (Å²) in [5.41, 5.74) is -0.530. The summed E-state index contributed by atoms with van der Waals surface area (Å²) in [4.78, 5) is 26.1. The molecule has 1 aliphatic heterocycles. The van der Waals surface area contributed by atoms with Gasteiger partial charge in [0.25, 0.3) is 0 Å². The van der Waals surface area contributed by atoms with Gasteiger partial charge in [-0.05, 0) is 32.3 Å². The van der Waals surface area contributed by atoms with Crippen molar-refractivity contribution in [3.05, 3.63) is 0 Å². The van der Waals surface area contributed by atoms with Gasteiger partial charge < -0.3 is 19.6 Å². The van der Waals surface area contributed by atoms with Crippen LogP contribution in [0.5, 0.6) is 0 Å². The maximum atomic E-state index is 12.2. The number of carbonyl (C=O) groups excluding carboxylic acids is 1. The van der Waals surface area contributed by atoms with Crippen LogP contribution in [-0.4, -0.2) is 77.3 Å². The van der Waals surface area contributed by atoms with Crippen LogP contribution >= 0.6 is 11.8 Å². The minimum atomic E-state index is -0.987. The number of amides is 2. The number of likely N-dealkylation sites (tertiary alicyclic amines) is 1. The quantitative estimate of drug-likeness (QED) is 0.769. The Morgan fingerprint density at radius 3 is 2.60 bits per heavy atom. The topological polar surface area (TPSA) is 70.1 Å². The number of carbonyl (C=O) groups is 2. The Hall–Kier alpha value is -0.950. The van der Waals surface area contributed by atoms with Crippen LogP contribution in [-0.2, 0) is 9.53 Å². The van der Waals surface area contributed by atoms with Crippen LogP contribution in [0.25, 0.3) is 0 Å². The van der Waals surface area contributed by atoms with Crippen molar-refractivity contribution < 1.29 is 19.4 Å². The van der Waals surface area contributed by atoms with E-state index in [1.807, 2.05) is 13.8 Å². The fraction of sp³-hybridized carbons (Fsp3) is 0.846. The monoisotopic (exact) mass is 304 g/mol. The summed E-state index contributed by atoms with van der Waals surface area (Å²) < 4.78 is 5.30. The molecule has 0 bridgehead atoms. The third-order valence-corrected chi connectivity index (χ3v) is 4.21. The van der Waals surface area contributed by atoms with Crippen LogP contribution in [0, 0.1) is 0 Å². The molecule has 0 saturated carbocycles. The minimum absolute atomic E-state index is 0.0185. The number of rotatable bonds is 7. The van der Waals surface area contributed by atoms with E-state index in [-0.39, 0.29) is 18.7 Å². The molecule has 0 aliphatic carbocycles. The highest BCUT2D eigenvalue weighted by atomic mass is 32.2. The van der Waals surface area contributed by atoms with Crippen LogP contribution in [0.1, 0.15) is 20.3 Å². The number of aliphatic carboxylic acids is 1. The van der Waals surface area contributed by atoms with Gasteiger partial charge in [-0.15, -0.1) is 0 Å². The van der Waals surface area contributed by atoms with Gasteiger partial charge in [-0.3, -0.25) is 0 Å². The van der Waals surface area contributed by atoms with Crippen LogP contribution in [0.2, 0.25) is 0 Å². The SMILES string of the molecule is CSCCC(C)N(C)C(=O)N1CC(C)(OCC(=O)O)C1. The van der Waals surface area contributed by atoms with Gasteiger partial charge in [-0.1, -0.05) is 0 Å². The third kappa shape index (κ3) is 4.56. The van der Waals surface area contributed by atoms with E-state index in [0.29, 0.717) is 13.1 Å². The van der Waals surface area contributed by atoms with Gasteiger partial charge in [0.15, 0.2) is 0 Å². The molecule has 1 fully saturated rings. The predicted octanol–water partition coefficient (Wildman–Crippen LogP) is 1.36. The smallest absolute Gasteiger partial charge is 0.329 e. The molecule has 1 N–H and O–H groups in total. The molecule has 0 aromatic rings. The number of carboxylic acids is 1. The highest BCUT2D eigenvalue weighted by Gasteiger charge is 2.44.